The predicted octanol–water partition coefficient (Wildman–Crippen LogP) is 0.517. The lowest BCUT2D eigenvalue weighted by atomic mass is 9.73. The molecule has 17 heavy (non-hydrogen) atoms. The maximum atomic E-state index is 10.6. The summed E-state index contributed by atoms with van der Waals surface area (Å²) in [5.41, 5.74) is 7.40. The Morgan fingerprint density at radius 2 is 2.24 bits per heavy atom. The van der Waals surface area contributed by atoms with Crippen LogP contribution in [-0.2, 0) is 11.8 Å². The van der Waals surface area contributed by atoms with Crippen molar-refractivity contribution < 1.29 is 9.84 Å². The van der Waals surface area contributed by atoms with Crippen LogP contribution in [0.5, 0.6) is 0 Å². The molecular weight excluding hydrogens is 218 g/mol. The maximum Gasteiger partial charge on any atom is 0.0893 e. The van der Waals surface area contributed by atoms with E-state index in [4.69, 9.17) is 10.5 Å². The van der Waals surface area contributed by atoms with Gasteiger partial charge in [0.1, 0.15) is 0 Å². The van der Waals surface area contributed by atoms with Crippen molar-refractivity contribution in [3.63, 3.8) is 0 Å². The van der Waals surface area contributed by atoms with E-state index in [1.807, 2.05) is 20.2 Å². The monoisotopic (exact) mass is 239 g/mol. The molecule has 1 unspecified atom stereocenters. The zero-order chi connectivity index (χ0) is 12.5. The molecule has 0 amide bonds. The molecule has 1 saturated heterocycles. The molecule has 1 aliphatic heterocycles. The topological polar surface area (TPSA) is 73.3 Å². The Balaban J connectivity index is 2.27. The molecule has 5 heteroatoms. The Hall–Kier alpha value is -0.910. The van der Waals surface area contributed by atoms with Gasteiger partial charge in [0.15, 0.2) is 0 Å². The molecule has 0 bridgehead atoms. The van der Waals surface area contributed by atoms with Gasteiger partial charge < -0.3 is 15.6 Å². The van der Waals surface area contributed by atoms with Crippen LogP contribution in [-0.4, -0.2) is 34.6 Å². The van der Waals surface area contributed by atoms with Gasteiger partial charge in [0, 0.05) is 44.0 Å². The Labute approximate surface area is 102 Å². The van der Waals surface area contributed by atoms with E-state index in [9.17, 15) is 5.11 Å². The third-order valence-corrected chi connectivity index (χ3v) is 3.82. The number of nitrogens with zero attached hydrogens (tertiary/aromatic N) is 2. The smallest absolute Gasteiger partial charge is 0.0893 e. The SMILES string of the molecule is Cc1nn(C)cc1C(O)C1(CN)CCOCC1. The average molecular weight is 239 g/mol. The van der Waals surface area contributed by atoms with Crippen molar-refractivity contribution in [2.75, 3.05) is 19.8 Å². The summed E-state index contributed by atoms with van der Waals surface area (Å²) < 4.78 is 7.09. The quantitative estimate of drug-likeness (QED) is 0.806. The van der Waals surface area contributed by atoms with Crippen LogP contribution in [0, 0.1) is 12.3 Å². The first kappa shape index (κ1) is 12.5. The molecule has 5 nitrogen and oxygen atoms in total. The van der Waals surface area contributed by atoms with E-state index in [1.165, 1.54) is 0 Å². The minimum Gasteiger partial charge on any atom is -0.388 e. The van der Waals surface area contributed by atoms with Gasteiger partial charge >= 0.3 is 0 Å². The van der Waals surface area contributed by atoms with Crippen molar-refractivity contribution in [3.8, 4) is 0 Å². The number of hydrogen-bond donors (Lipinski definition) is 2. The van der Waals surface area contributed by atoms with E-state index < -0.39 is 6.10 Å². The summed E-state index contributed by atoms with van der Waals surface area (Å²) in [4.78, 5) is 0. The first-order valence-electron chi connectivity index (χ1n) is 6.05. The molecule has 0 spiro atoms. The third-order valence-electron chi connectivity index (χ3n) is 3.82. The molecule has 2 heterocycles. The molecule has 96 valence electrons. The minimum atomic E-state index is -0.551. The number of aromatic nitrogens is 2. The summed E-state index contributed by atoms with van der Waals surface area (Å²) in [6, 6.07) is 0. The first-order valence-corrected chi connectivity index (χ1v) is 6.05. The molecule has 1 fully saturated rings. The maximum absolute atomic E-state index is 10.6. The Kier molecular flexibility index (Phi) is 3.51. The van der Waals surface area contributed by atoms with Gasteiger partial charge in [-0.25, -0.2) is 0 Å². The summed E-state index contributed by atoms with van der Waals surface area (Å²) in [5.74, 6) is 0. The number of ether oxygens (including phenoxy) is 1. The number of aliphatic hydroxyl groups excluding tert-OH is 1. The summed E-state index contributed by atoms with van der Waals surface area (Å²) >= 11 is 0. The largest absolute Gasteiger partial charge is 0.388 e. The van der Waals surface area contributed by atoms with Crippen LogP contribution in [0.1, 0.15) is 30.2 Å². The van der Waals surface area contributed by atoms with E-state index in [0.29, 0.717) is 19.8 Å². The highest BCUT2D eigenvalue weighted by atomic mass is 16.5. The van der Waals surface area contributed by atoms with E-state index in [-0.39, 0.29) is 5.41 Å². The van der Waals surface area contributed by atoms with Crippen LogP contribution in [0.4, 0.5) is 0 Å². The van der Waals surface area contributed by atoms with Crippen LogP contribution in [0.2, 0.25) is 0 Å². The van der Waals surface area contributed by atoms with Gasteiger partial charge in [-0.15, -0.1) is 0 Å². The van der Waals surface area contributed by atoms with Crippen LogP contribution in [0.25, 0.3) is 0 Å². The molecule has 0 saturated carbocycles. The van der Waals surface area contributed by atoms with Crippen molar-refractivity contribution in [3.05, 3.63) is 17.5 Å². The number of nitrogens with two attached hydrogens (primary N) is 1. The van der Waals surface area contributed by atoms with Crippen LogP contribution < -0.4 is 5.73 Å². The number of hydrogen-bond acceptors (Lipinski definition) is 4. The lowest BCUT2D eigenvalue weighted by Crippen LogP contribution is -2.41. The average Bonchev–Trinajstić information content (AvgIpc) is 2.68. The number of rotatable bonds is 3. The summed E-state index contributed by atoms with van der Waals surface area (Å²) in [5, 5.41) is 14.9. The van der Waals surface area contributed by atoms with Gasteiger partial charge in [-0.05, 0) is 19.8 Å². The first-order chi connectivity index (χ1) is 8.09. The molecule has 1 atom stereocenters. The van der Waals surface area contributed by atoms with Crippen molar-refractivity contribution in [2.45, 2.75) is 25.9 Å². The van der Waals surface area contributed by atoms with Gasteiger partial charge in [0.25, 0.3) is 0 Å². The second-order valence-corrected chi connectivity index (χ2v) is 4.92. The van der Waals surface area contributed by atoms with Gasteiger partial charge in [-0.3, -0.25) is 4.68 Å². The Morgan fingerprint density at radius 1 is 1.59 bits per heavy atom. The fourth-order valence-corrected chi connectivity index (χ4v) is 2.58. The van der Waals surface area contributed by atoms with E-state index in [2.05, 4.69) is 5.10 Å². The van der Waals surface area contributed by atoms with Crippen LogP contribution in [0.3, 0.4) is 0 Å². The number of aryl methyl sites for hydroxylation is 2. The summed E-state index contributed by atoms with van der Waals surface area (Å²) in [7, 11) is 1.86. The molecule has 0 aliphatic carbocycles. The molecular formula is C12H21N3O2. The van der Waals surface area contributed by atoms with E-state index in [0.717, 1.165) is 24.1 Å². The number of aliphatic hydroxyl groups is 1. The minimum absolute atomic E-state index is 0.258. The predicted molar refractivity (Wildman–Crippen MR) is 64.4 cm³/mol. The van der Waals surface area contributed by atoms with Gasteiger partial charge in [0.05, 0.1) is 11.8 Å². The van der Waals surface area contributed by atoms with Crippen molar-refractivity contribution in [2.24, 2.45) is 18.2 Å². The van der Waals surface area contributed by atoms with Crippen LogP contribution >= 0.6 is 0 Å². The molecule has 1 aromatic rings. The van der Waals surface area contributed by atoms with E-state index in [1.54, 1.807) is 4.68 Å². The molecule has 1 aliphatic rings. The molecule has 0 aromatic carbocycles. The highest BCUT2D eigenvalue weighted by Gasteiger charge is 2.40. The lowest BCUT2D eigenvalue weighted by molar-refractivity contribution is -0.0583. The zero-order valence-electron chi connectivity index (χ0n) is 10.5. The highest BCUT2D eigenvalue weighted by Crippen LogP contribution is 2.42. The second kappa shape index (κ2) is 4.76. The normalized spacial score (nSPS) is 21.4. The van der Waals surface area contributed by atoms with E-state index >= 15 is 0 Å². The fraction of sp³-hybridized carbons (Fsp3) is 0.750. The van der Waals surface area contributed by atoms with Gasteiger partial charge in [0.2, 0.25) is 0 Å². The van der Waals surface area contributed by atoms with Crippen molar-refractivity contribution >= 4 is 0 Å². The zero-order valence-corrected chi connectivity index (χ0v) is 10.5. The summed E-state index contributed by atoms with van der Waals surface area (Å²) in [6.07, 6.45) is 2.94. The van der Waals surface area contributed by atoms with Crippen molar-refractivity contribution in [1.82, 2.24) is 9.78 Å². The molecule has 3 N–H and O–H groups in total. The molecule has 1 aromatic heterocycles. The molecule has 0 radical (unpaired) electrons. The molecule has 2 rings (SSSR count). The summed E-state index contributed by atoms with van der Waals surface area (Å²) in [6.45, 7) is 3.75. The van der Waals surface area contributed by atoms with Gasteiger partial charge in [-0.2, -0.15) is 5.10 Å². The third kappa shape index (κ3) is 2.22. The fourth-order valence-electron chi connectivity index (χ4n) is 2.58. The van der Waals surface area contributed by atoms with Gasteiger partial charge in [-0.1, -0.05) is 0 Å². The highest BCUT2D eigenvalue weighted by molar-refractivity contribution is 5.21. The standard InChI is InChI=1S/C12H21N3O2/c1-9-10(7-15(2)14-9)11(16)12(8-13)3-5-17-6-4-12/h7,11,16H,3-6,8,13H2,1-2H3. The van der Waals surface area contributed by atoms with Crippen molar-refractivity contribution in [1.29, 1.82) is 0 Å². The Bertz CT molecular complexity index is 383. The second-order valence-electron chi connectivity index (χ2n) is 4.92. The lowest BCUT2D eigenvalue weighted by Gasteiger charge is -2.40. The Morgan fingerprint density at radius 3 is 2.71 bits per heavy atom. The van der Waals surface area contributed by atoms with Crippen LogP contribution in [0.15, 0.2) is 6.20 Å².